The Labute approximate surface area is 103 Å². The average Bonchev–Trinajstić information content (AvgIpc) is 2.81. The molecule has 1 aliphatic heterocycles. The van der Waals surface area contributed by atoms with Crippen LogP contribution in [-0.4, -0.2) is 35.3 Å². The number of ether oxygens (including phenoxy) is 1. The topological polar surface area (TPSA) is 102 Å². The lowest BCUT2D eigenvalue weighted by Gasteiger charge is -2.12. The molecule has 2 rings (SSSR count). The number of carboxylic acid groups (broad SMARTS) is 1. The predicted octanol–water partition coefficient (Wildman–Crippen LogP) is 1.49. The quantitative estimate of drug-likeness (QED) is 0.621. The molecule has 0 saturated carbocycles. The molecule has 1 fully saturated rings. The smallest absolute Gasteiger partial charge is 0.342 e. The van der Waals surface area contributed by atoms with Crippen molar-refractivity contribution in [1.82, 2.24) is 0 Å². The molecule has 96 valence electrons. The highest BCUT2D eigenvalue weighted by Crippen LogP contribution is 2.24. The summed E-state index contributed by atoms with van der Waals surface area (Å²) in [4.78, 5) is 20.9. The van der Waals surface area contributed by atoms with Crippen molar-refractivity contribution >= 4 is 17.3 Å². The van der Waals surface area contributed by atoms with Gasteiger partial charge in [-0.1, -0.05) is 0 Å². The minimum Gasteiger partial charge on any atom is -0.477 e. The normalized spacial score (nSPS) is 18.6. The summed E-state index contributed by atoms with van der Waals surface area (Å²) >= 11 is 0. The first kappa shape index (κ1) is 12.3. The maximum atomic E-state index is 10.8. The number of benzene rings is 1. The Bertz CT molecular complexity index is 482. The van der Waals surface area contributed by atoms with E-state index in [-0.39, 0.29) is 11.6 Å². The van der Waals surface area contributed by atoms with E-state index >= 15 is 0 Å². The number of nitrogens with one attached hydrogen (secondary N) is 1. The number of hydrogen-bond donors (Lipinski definition) is 2. The second-order valence-corrected chi connectivity index (χ2v) is 4.00. The van der Waals surface area contributed by atoms with Gasteiger partial charge in [0.2, 0.25) is 0 Å². The van der Waals surface area contributed by atoms with Gasteiger partial charge in [0.25, 0.3) is 5.69 Å². The van der Waals surface area contributed by atoms with E-state index in [2.05, 4.69) is 5.32 Å². The summed E-state index contributed by atoms with van der Waals surface area (Å²) in [5, 5.41) is 22.7. The zero-order chi connectivity index (χ0) is 13.1. The van der Waals surface area contributed by atoms with Crippen molar-refractivity contribution in [2.75, 3.05) is 18.5 Å². The molecule has 0 aliphatic carbocycles. The molecule has 1 aromatic carbocycles. The molecule has 1 saturated heterocycles. The van der Waals surface area contributed by atoms with Crippen LogP contribution >= 0.6 is 0 Å². The van der Waals surface area contributed by atoms with Crippen molar-refractivity contribution in [3.8, 4) is 0 Å². The molecular weight excluding hydrogens is 240 g/mol. The van der Waals surface area contributed by atoms with Gasteiger partial charge in [0, 0.05) is 18.4 Å². The van der Waals surface area contributed by atoms with Crippen molar-refractivity contribution in [1.29, 1.82) is 0 Å². The number of hydrogen-bond acceptors (Lipinski definition) is 5. The Morgan fingerprint density at radius 1 is 1.56 bits per heavy atom. The third-order valence-electron chi connectivity index (χ3n) is 2.73. The number of rotatable bonds is 4. The maximum Gasteiger partial charge on any atom is 0.342 e. The Hall–Kier alpha value is -2.15. The molecule has 18 heavy (non-hydrogen) atoms. The summed E-state index contributed by atoms with van der Waals surface area (Å²) in [5.74, 6) is -1.31. The van der Waals surface area contributed by atoms with Crippen molar-refractivity contribution in [2.45, 2.75) is 12.5 Å². The zero-order valence-electron chi connectivity index (χ0n) is 9.46. The molecule has 1 heterocycles. The highest BCUT2D eigenvalue weighted by molar-refractivity contribution is 5.93. The summed E-state index contributed by atoms with van der Waals surface area (Å²) in [6.07, 6.45) is 0.828. The van der Waals surface area contributed by atoms with Crippen LogP contribution in [0.3, 0.4) is 0 Å². The van der Waals surface area contributed by atoms with Crippen LogP contribution in [-0.2, 0) is 4.74 Å². The Morgan fingerprint density at radius 3 is 2.89 bits per heavy atom. The van der Waals surface area contributed by atoms with Gasteiger partial charge in [-0.25, -0.2) is 4.79 Å². The third kappa shape index (κ3) is 2.57. The lowest BCUT2D eigenvalue weighted by Crippen LogP contribution is -2.19. The van der Waals surface area contributed by atoms with Gasteiger partial charge in [0.05, 0.1) is 17.6 Å². The molecule has 0 aromatic heterocycles. The van der Waals surface area contributed by atoms with E-state index in [0.29, 0.717) is 18.9 Å². The predicted molar refractivity (Wildman–Crippen MR) is 62.9 cm³/mol. The average molecular weight is 252 g/mol. The van der Waals surface area contributed by atoms with Gasteiger partial charge in [-0.15, -0.1) is 0 Å². The number of carboxylic acids is 1. The molecule has 0 spiro atoms. The summed E-state index contributed by atoms with van der Waals surface area (Å²) in [7, 11) is 0. The number of nitrogens with zero attached hydrogens (tertiary/aromatic N) is 1. The van der Waals surface area contributed by atoms with Crippen molar-refractivity contribution in [2.24, 2.45) is 0 Å². The van der Waals surface area contributed by atoms with Crippen molar-refractivity contribution < 1.29 is 19.6 Å². The fraction of sp³-hybridized carbons (Fsp3) is 0.364. The lowest BCUT2D eigenvalue weighted by molar-refractivity contribution is -0.385. The first-order chi connectivity index (χ1) is 8.58. The highest BCUT2D eigenvalue weighted by atomic mass is 16.6. The summed E-state index contributed by atoms with van der Waals surface area (Å²) in [6.45, 7) is 1.21. The molecule has 0 radical (unpaired) electrons. The van der Waals surface area contributed by atoms with Crippen LogP contribution < -0.4 is 5.32 Å². The summed E-state index contributed by atoms with van der Waals surface area (Å²) < 4.78 is 5.18. The molecule has 7 heteroatoms. The number of aromatic carboxylic acids is 1. The molecule has 1 aliphatic rings. The van der Waals surface area contributed by atoms with E-state index in [0.717, 1.165) is 6.42 Å². The fourth-order valence-electron chi connectivity index (χ4n) is 1.84. The third-order valence-corrected chi connectivity index (χ3v) is 2.73. The van der Waals surface area contributed by atoms with Crippen molar-refractivity contribution in [3.63, 3.8) is 0 Å². The first-order valence-corrected chi connectivity index (χ1v) is 5.44. The summed E-state index contributed by atoms with van der Waals surface area (Å²) in [6, 6.07) is 4.11. The maximum absolute atomic E-state index is 10.8. The van der Waals surface area contributed by atoms with Gasteiger partial charge in [0.1, 0.15) is 5.56 Å². The minimum atomic E-state index is -1.31. The van der Waals surface area contributed by atoms with Gasteiger partial charge in [0.15, 0.2) is 0 Å². The molecule has 0 amide bonds. The van der Waals surface area contributed by atoms with E-state index < -0.39 is 16.6 Å². The van der Waals surface area contributed by atoms with Gasteiger partial charge in [-0.05, 0) is 18.6 Å². The molecule has 0 bridgehead atoms. The minimum absolute atomic E-state index is 0.111. The van der Waals surface area contributed by atoms with Crippen LogP contribution in [0.1, 0.15) is 16.8 Å². The molecule has 7 nitrogen and oxygen atoms in total. The lowest BCUT2D eigenvalue weighted by atomic mass is 10.1. The first-order valence-electron chi connectivity index (χ1n) is 5.44. The van der Waals surface area contributed by atoms with Crippen LogP contribution in [0.4, 0.5) is 11.4 Å². The van der Waals surface area contributed by atoms with Gasteiger partial charge >= 0.3 is 5.97 Å². The Kier molecular flexibility index (Phi) is 3.42. The van der Waals surface area contributed by atoms with E-state index in [1.165, 1.54) is 18.2 Å². The summed E-state index contributed by atoms with van der Waals surface area (Å²) in [5.41, 5.74) is -0.193. The van der Waals surface area contributed by atoms with Crippen LogP contribution in [0, 0.1) is 10.1 Å². The number of nitro benzene ring substituents is 1. The zero-order valence-corrected chi connectivity index (χ0v) is 9.46. The number of anilines is 1. The van der Waals surface area contributed by atoms with Crippen LogP contribution in [0.15, 0.2) is 18.2 Å². The van der Waals surface area contributed by atoms with Crippen LogP contribution in [0.25, 0.3) is 0 Å². The number of carbonyl (C=O) groups is 1. The van der Waals surface area contributed by atoms with E-state index in [1.807, 2.05) is 0 Å². The van der Waals surface area contributed by atoms with Gasteiger partial charge < -0.3 is 15.2 Å². The molecule has 2 N–H and O–H groups in total. The highest BCUT2D eigenvalue weighted by Gasteiger charge is 2.21. The van der Waals surface area contributed by atoms with E-state index in [1.54, 1.807) is 0 Å². The second kappa shape index (κ2) is 5.01. The molecule has 1 aromatic rings. The Balaban J connectivity index is 2.24. The SMILES string of the molecule is O=C(O)c1ccc(NC2CCOC2)cc1[N+](=O)[O-]. The molecular formula is C11H12N2O5. The van der Waals surface area contributed by atoms with Gasteiger partial charge in [-0.3, -0.25) is 10.1 Å². The van der Waals surface area contributed by atoms with E-state index in [4.69, 9.17) is 9.84 Å². The van der Waals surface area contributed by atoms with Crippen molar-refractivity contribution in [3.05, 3.63) is 33.9 Å². The fourth-order valence-corrected chi connectivity index (χ4v) is 1.84. The monoisotopic (exact) mass is 252 g/mol. The standard InChI is InChI=1S/C11H12N2O5/c14-11(15)9-2-1-7(5-10(9)13(16)17)12-8-3-4-18-6-8/h1-2,5,8,12H,3-4,6H2,(H,14,15). The molecule has 1 atom stereocenters. The second-order valence-electron chi connectivity index (χ2n) is 4.00. The van der Waals surface area contributed by atoms with Gasteiger partial charge in [-0.2, -0.15) is 0 Å². The van der Waals surface area contributed by atoms with Crippen LogP contribution in [0.2, 0.25) is 0 Å². The van der Waals surface area contributed by atoms with Crippen LogP contribution in [0.5, 0.6) is 0 Å². The Morgan fingerprint density at radius 2 is 2.33 bits per heavy atom. The largest absolute Gasteiger partial charge is 0.477 e. The molecule has 1 unspecified atom stereocenters. The number of nitro groups is 1. The van der Waals surface area contributed by atoms with E-state index in [9.17, 15) is 14.9 Å².